The number of benzene rings is 2. The van der Waals surface area contributed by atoms with Crippen LogP contribution in [0.4, 0.5) is 5.82 Å². The van der Waals surface area contributed by atoms with Crippen molar-refractivity contribution in [3.05, 3.63) is 60.2 Å². The lowest BCUT2D eigenvalue weighted by molar-refractivity contribution is -0.117. The maximum atomic E-state index is 13.6. The van der Waals surface area contributed by atoms with E-state index in [4.69, 9.17) is 16.9 Å². The van der Waals surface area contributed by atoms with Gasteiger partial charge in [0, 0.05) is 37.0 Å². The van der Waals surface area contributed by atoms with Crippen LogP contribution in [0.2, 0.25) is 0 Å². The van der Waals surface area contributed by atoms with Crippen molar-refractivity contribution >= 4 is 61.5 Å². The molecule has 3 aromatic rings. The van der Waals surface area contributed by atoms with Gasteiger partial charge in [0.15, 0.2) is 5.96 Å². The number of amides is 1. The molecule has 1 atom stereocenters. The van der Waals surface area contributed by atoms with Crippen LogP contribution in [0.15, 0.2) is 59.5 Å². The van der Waals surface area contributed by atoms with E-state index in [1.807, 2.05) is 56.6 Å². The summed E-state index contributed by atoms with van der Waals surface area (Å²) in [6, 6.07) is 16.1. The summed E-state index contributed by atoms with van der Waals surface area (Å²) in [5.74, 6) is 0.312. The number of nitrogens with zero attached hydrogens (tertiary/aromatic N) is 3. The van der Waals surface area contributed by atoms with Gasteiger partial charge in [0.1, 0.15) is 5.82 Å². The van der Waals surface area contributed by atoms with Crippen molar-refractivity contribution in [3.8, 4) is 0 Å². The van der Waals surface area contributed by atoms with E-state index in [1.165, 1.54) is 2.52 Å². The highest BCUT2D eigenvalue weighted by Crippen LogP contribution is 2.39. The Morgan fingerprint density at radius 3 is 2.49 bits per heavy atom. The number of carbonyl (C=O) groups is 1. The minimum Gasteiger partial charge on any atom is -0.370 e. The highest BCUT2D eigenvalue weighted by Gasteiger charge is 2.32. The summed E-state index contributed by atoms with van der Waals surface area (Å²) in [7, 11) is -3.87. The molecule has 4 rings (SSSR count). The van der Waals surface area contributed by atoms with E-state index in [0.717, 1.165) is 35.9 Å². The summed E-state index contributed by atoms with van der Waals surface area (Å²) in [5, 5.41) is 8.74. The van der Waals surface area contributed by atoms with Crippen molar-refractivity contribution in [1.29, 1.82) is 5.41 Å². The second-order valence-corrected chi connectivity index (χ2v) is 12.2. The number of fused-ring (bicyclic) bond motifs is 1. The fraction of sp³-hybridized carbons (Fsp3) is 0.333. The Morgan fingerprint density at radius 1 is 1.11 bits per heavy atom. The van der Waals surface area contributed by atoms with Crippen LogP contribution in [-0.2, 0) is 27.8 Å². The number of hydrogen-bond donors (Lipinski definition) is 3. The molecule has 1 unspecified atom stereocenters. The number of halogens is 1. The number of piperidine rings is 1. The number of nitrogens with one attached hydrogen (secondary N) is 1. The largest absolute Gasteiger partial charge is 0.370 e. The van der Waals surface area contributed by atoms with E-state index >= 15 is 0 Å². The number of likely N-dealkylation sites (tertiary alicyclic amines) is 1. The normalized spacial score (nSPS) is 16.4. The predicted molar refractivity (Wildman–Crippen MR) is 146 cm³/mol. The smallest absolute Gasteiger partial charge is 0.273 e. The molecule has 186 valence electrons. The van der Waals surface area contributed by atoms with Gasteiger partial charge in [-0.15, -0.1) is 0 Å². The summed E-state index contributed by atoms with van der Waals surface area (Å²) in [4.78, 5) is 13.7. The average Bonchev–Trinajstić information content (AvgIpc) is 3.15. The van der Waals surface area contributed by atoms with Crippen molar-refractivity contribution in [2.45, 2.75) is 37.1 Å². The van der Waals surface area contributed by atoms with E-state index < -0.39 is 15.9 Å². The molecule has 1 amide bonds. The van der Waals surface area contributed by atoms with Crippen LogP contribution in [0.5, 0.6) is 0 Å². The molecule has 1 aliphatic heterocycles. The molecule has 0 radical (unpaired) electrons. The summed E-state index contributed by atoms with van der Waals surface area (Å²) >= 11 is 1.85. The molecular weight excluding hydrogens is 579 g/mol. The summed E-state index contributed by atoms with van der Waals surface area (Å²) in [6.07, 6.45) is 2.28. The van der Waals surface area contributed by atoms with Gasteiger partial charge in [-0.25, -0.2) is 8.42 Å². The van der Waals surface area contributed by atoms with Crippen molar-refractivity contribution < 1.29 is 13.2 Å². The van der Waals surface area contributed by atoms with Gasteiger partial charge in [0.2, 0.25) is 5.91 Å². The Kier molecular flexibility index (Phi) is 7.55. The molecule has 2 aromatic carbocycles. The summed E-state index contributed by atoms with van der Waals surface area (Å²) in [5.41, 5.74) is 12.9. The van der Waals surface area contributed by atoms with Gasteiger partial charge in [0.25, 0.3) is 10.0 Å². The second kappa shape index (κ2) is 10.4. The van der Waals surface area contributed by atoms with E-state index in [1.54, 1.807) is 30.3 Å². The van der Waals surface area contributed by atoms with Crippen molar-refractivity contribution in [2.75, 3.05) is 15.6 Å². The molecule has 2 heterocycles. The molecule has 1 aromatic heterocycles. The first-order chi connectivity index (χ1) is 16.7. The molecule has 1 saturated heterocycles. The molecule has 0 saturated carbocycles. The van der Waals surface area contributed by atoms with Gasteiger partial charge in [-0.2, -0.15) is 2.52 Å². The van der Waals surface area contributed by atoms with Gasteiger partial charge in [-0.1, -0.05) is 36.4 Å². The fourth-order valence-corrected chi connectivity index (χ4v) is 7.09. The first kappa shape index (κ1) is 25.3. The van der Waals surface area contributed by atoms with Crippen LogP contribution >= 0.6 is 22.9 Å². The van der Waals surface area contributed by atoms with Crippen LogP contribution < -0.4 is 14.0 Å². The Labute approximate surface area is 219 Å². The monoisotopic (exact) mass is 608 g/mol. The zero-order valence-corrected chi connectivity index (χ0v) is 22.2. The number of carbonyl (C=O) groups excluding carboxylic acids is 1. The van der Waals surface area contributed by atoms with E-state index in [2.05, 4.69) is 0 Å². The number of anilines is 1. The van der Waals surface area contributed by atoms with Crippen LogP contribution in [0.25, 0.3) is 10.9 Å². The lowest BCUT2D eigenvalue weighted by atomic mass is 9.98. The molecule has 1 aliphatic rings. The highest BCUT2D eigenvalue weighted by molar-refractivity contribution is 14.1. The third-order valence-corrected chi connectivity index (χ3v) is 9.86. The lowest BCUT2D eigenvalue weighted by Gasteiger charge is -2.34. The number of rotatable bonds is 8. The minimum absolute atomic E-state index is 0.0524. The van der Waals surface area contributed by atoms with Crippen molar-refractivity contribution in [3.63, 3.8) is 0 Å². The molecule has 9 nitrogen and oxygen atoms in total. The third kappa shape index (κ3) is 5.25. The average molecular weight is 609 g/mol. The van der Waals surface area contributed by atoms with Gasteiger partial charge in [0.05, 0.1) is 33.3 Å². The number of aryl methyl sites for hydroxylation is 1. The number of nitrogens with two attached hydrogens (primary N) is 2. The van der Waals surface area contributed by atoms with Crippen LogP contribution in [0, 0.1) is 11.3 Å². The summed E-state index contributed by atoms with van der Waals surface area (Å²) < 4.78 is 30.6. The first-order valence-electron chi connectivity index (χ1n) is 11.4. The zero-order chi connectivity index (χ0) is 25.2. The van der Waals surface area contributed by atoms with Crippen molar-refractivity contribution in [1.82, 2.24) is 9.47 Å². The Bertz CT molecular complexity index is 1340. The standard InChI is InChI=1S/C24H29IN6O3S/c25-31(35(33,34)18-8-2-1-3-9-18)23-20(12-13-22(26)32)19-10-4-5-11-21(19)30(23)16-17-7-6-14-29(15-17)24(27)28/h1-5,8-11,17H,6-7,12-16H2,(H2,26,32)(H3,27,28). The van der Waals surface area contributed by atoms with Crippen LogP contribution in [-0.4, -0.2) is 42.8 Å². The molecule has 0 aliphatic carbocycles. The highest BCUT2D eigenvalue weighted by atomic mass is 127. The molecule has 35 heavy (non-hydrogen) atoms. The molecule has 1 fully saturated rings. The Morgan fingerprint density at radius 2 is 1.80 bits per heavy atom. The SMILES string of the molecule is N=C(N)N1CCCC(Cn2c(N(I)S(=O)(=O)c3ccccc3)c(CCC(N)=O)c3ccccc32)C1. The predicted octanol–water partition coefficient (Wildman–Crippen LogP) is 3.21. The quantitative estimate of drug-likeness (QED) is 0.156. The second-order valence-electron chi connectivity index (χ2n) is 8.77. The zero-order valence-electron chi connectivity index (χ0n) is 19.2. The van der Waals surface area contributed by atoms with E-state index in [0.29, 0.717) is 25.3 Å². The van der Waals surface area contributed by atoms with Gasteiger partial charge in [-0.05, 0) is 43.4 Å². The molecule has 5 N–H and O–H groups in total. The van der Waals surface area contributed by atoms with E-state index in [9.17, 15) is 13.2 Å². The molecule has 11 heteroatoms. The Hall–Kier alpha value is -2.80. The number of primary amides is 1. The third-order valence-electron chi connectivity index (χ3n) is 6.39. The number of para-hydroxylation sites is 1. The number of hydrogen-bond acceptors (Lipinski definition) is 4. The van der Waals surface area contributed by atoms with Gasteiger partial charge >= 0.3 is 0 Å². The van der Waals surface area contributed by atoms with Crippen LogP contribution in [0.1, 0.15) is 24.8 Å². The maximum absolute atomic E-state index is 13.6. The van der Waals surface area contributed by atoms with Gasteiger partial charge in [-0.3, -0.25) is 10.2 Å². The van der Waals surface area contributed by atoms with E-state index in [-0.39, 0.29) is 23.2 Å². The first-order valence-corrected chi connectivity index (χ1v) is 13.8. The molecule has 0 spiro atoms. The molecular formula is C24H29IN6O3S. The number of sulfonamides is 1. The fourth-order valence-electron chi connectivity index (χ4n) is 4.73. The number of aromatic nitrogens is 1. The molecule has 0 bridgehead atoms. The minimum atomic E-state index is -3.87. The summed E-state index contributed by atoms with van der Waals surface area (Å²) in [6.45, 7) is 1.93. The topological polar surface area (TPSA) is 139 Å². The maximum Gasteiger partial charge on any atom is 0.273 e. The lowest BCUT2D eigenvalue weighted by Crippen LogP contribution is -2.44. The van der Waals surface area contributed by atoms with Crippen LogP contribution in [0.3, 0.4) is 0 Å². The van der Waals surface area contributed by atoms with Gasteiger partial charge < -0.3 is 20.9 Å². The Balaban J connectivity index is 1.85. The van der Waals surface area contributed by atoms with Crippen molar-refractivity contribution in [2.24, 2.45) is 17.4 Å². The number of guanidine groups is 1.